The Kier molecular flexibility index (Phi) is 9.21. The van der Waals surface area contributed by atoms with Crippen LogP contribution in [0, 0.1) is 17.6 Å². The van der Waals surface area contributed by atoms with Gasteiger partial charge in [0, 0.05) is 57.2 Å². The van der Waals surface area contributed by atoms with Crippen LogP contribution >= 0.6 is 0 Å². The minimum Gasteiger partial charge on any atom is -0.381 e. The summed E-state index contributed by atoms with van der Waals surface area (Å²) < 4.78 is 82.1. The van der Waals surface area contributed by atoms with Crippen LogP contribution in [0.5, 0.6) is 0 Å². The quantitative estimate of drug-likeness (QED) is 0.270. The predicted molar refractivity (Wildman–Crippen MR) is 167 cm³/mol. The van der Waals surface area contributed by atoms with E-state index in [4.69, 9.17) is 15.2 Å². The number of aromatic nitrogens is 4. The molecule has 1 aliphatic carbocycles. The van der Waals surface area contributed by atoms with Gasteiger partial charge < -0.3 is 15.2 Å². The molecule has 0 amide bonds. The van der Waals surface area contributed by atoms with E-state index in [-0.39, 0.29) is 79.2 Å². The highest BCUT2D eigenvalue weighted by Crippen LogP contribution is 2.40. The molecule has 4 aromatic rings. The summed E-state index contributed by atoms with van der Waals surface area (Å²) in [5.41, 5.74) is 7.05. The molecular formula is C33H38F3N5O4S. The van der Waals surface area contributed by atoms with Crippen molar-refractivity contribution in [3.63, 3.8) is 0 Å². The molecule has 4 heterocycles. The molecule has 0 radical (unpaired) electrons. The molecule has 2 fully saturated rings. The summed E-state index contributed by atoms with van der Waals surface area (Å²) in [5.74, 6) is -1.05. The first-order valence-electron chi connectivity index (χ1n) is 15.5. The van der Waals surface area contributed by atoms with E-state index in [9.17, 15) is 8.42 Å². The molecule has 9 nitrogen and oxygen atoms in total. The minimum atomic E-state index is -3.13. The van der Waals surface area contributed by atoms with Gasteiger partial charge in [-0.15, -0.1) is 0 Å². The largest absolute Gasteiger partial charge is 0.381 e. The van der Waals surface area contributed by atoms with Crippen LogP contribution in [0.2, 0.25) is 0 Å². The lowest BCUT2D eigenvalue weighted by Gasteiger charge is -2.39. The van der Waals surface area contributed by atoms with E-state index < -0.39 is 27.1 Å². The van der Waals surface area contributed by atoms with Crippen LogP contribution in [0.15, 0.2) is 48.9 Å². The average Bonchev–Trinajstić information content (AvgIpc) is 3.40. The van der Waals surface area contributed by atoms with Crippen LogP contribution in [-0.4, -0.2) is 72.0 Å². The molecule has 46 heavy (non-hydrogen) atoms. The van der Waals surface area contributed by atoms with Gasteiger partial charge in [0.15, 0.2) is 0 Å². The second-order valence-corrected chi connectivity index (χ2v) is 14.9. The third-order valence-corrected chi connectivity index (χ3v) is 10.2. The van der Waals surface area contributed by atoms with Crippen LogP contribution in [-0.2, 0) is 31.4 Å². The zero-order valence-corrected chi connectivity index (χ0v) is 26.7. The van der Waals surface area contributed by atoms with Gasteiger partial charge >= 0.3 is 0 Å². The Morgan fingerprint density at radius 2 is 1.85 bits per heavy atom. The molecule has 0 bridgehead atoms. The fraction of sp³-hybridized carbons (Fsp3) is 0.485. The zero-order chi connectivity index (χ0) is 32.6. The summed E-state index contributed by atoms with van der Waals surface area (Å²) in [7, 11) is -3.13. The summed E-state index contributed by atoms with van der Waals surface area (Å²) in [6.07, 6.45) is 7.98. The standard InChI is InChI=1S/C33H38F3N5O4S/c1-20-13-21(14-28(37)32(20)45-11-12-46(2,42)43)25-5-8-38-18-22(25)15-30-39-19-24-3-4-29(40-41(24)30)31-26(34)16-23(17-27(31)35)33(36)6-9-44-10-7-33/h3-5,8,16-21,28,32H,6-7,9-15,37H2,1-2H3/t20-,21+,28+,32-/m0/s1. The monoisotopic (exact) mass is 657 g/mol. The lowest BCUT2D eigenvalue weighted by atomic mass is 9.73. The van der Waals surface area contributed by atoms with E-state index in [2.05, 4.69) is 22.0 Å². The van der Waals surface area contributed by atoms with Gasteiger partial charge in [-0.2, -0.15) is 5.10 Å². The van der Waals surface area contributed by atoms with E-state index in [1.807, 2.05) is 6.07 Å². The smallest absolute Gasteiger partial charge is 0.149 e. The first kappa shape index (κ1) is 32.5. The van der Waals surface area contributed by atoms with Crippen LogP contribution < -0.4 is 5.73 Å². The Labute approximate surface area is 266 Å². The zero-order valence-electron chi connectivity index (χ0n) is 25.8. The van der Waals surface area contributed by atoms with Crippen molar-refractivity contribution in [1.29, 1.82) is 0 Å². The molecule has 3 aromatic heterocycles. The Morgan fingerprint density at radius 3 is 2.54 bits per heavy atom. The van der Waals surface area contributed by atoms with Crippen molar-refractivity contribution < 1.29 is 31.1 Å². The molecule has 4 atom stereocenters. The maximum Gasteiger partial charge on any atom is 0.149 e. The second-order valence-electron chi connectivity index (χ2n) is 12.6. The number of benzene rings is 1. The number of rotatable bonds is 9. The van der Waals surface area contributed by atoms with Crippen LogP contribution in [0.1, 0.15) is 61.0 Å². The second kappa shape index (κ2) is 13.0. The highest BCUT2D eigenvalue weighted by atomic mass is 32.2. The van der Waals surface area contributed by atoms with Crippen LogP contribution in [0.4, 0.5) is 13.2 Å². The van der Waals surface area contributed by atoms with Crippen molar-refractivity contribution in [2.45, 2.75) is 62.8 Å². The number of ether oxygens (including phenoxy) is 2. The van der Waals surface area contributed by atoms with Gasteiger partial charge in [0.1, 0.15) is 33.0 Å². The molecule has 246 valence electrons. The average molecular weight is 658 g/mol. The van der Waals surface area contributed by atoms with Crippen molar-refractivity contribution >= 4 is 15.4 Å². The van der Waals surface area contributed by atoms with Gasteiger partial charge in [0.25, 0.3) is 0 Å². The van der Waals surface area contributed by atoms with Crippen molar-refractivity contribution in [3.05, 3.63) is 83.1 Å². The highest BCUT2D eigenvalue weighted by molar-refractivity contribution is 7.90. The van der Waals surface area contributed by atoms with E-state index in [1.165, 1.54) is 12.3 Å². The maximum absolute atomic E-state index is 15.5. The molecule has 2 N–H and O–H groups in total. The molecule has 1 aliphatic heterocycles. The summed E-state index contributed by atoms with van der Waals surface area (Å²) in [6, 6.07) is 7.03. The minimum absolute atomic E-state index is 0.0356. The predicted octanol–water partition coefficient (Wildman–Crippen LogP) is 4.91. The Balaban J connectivity index is 1.24. The maximum atomic E-state index is 15.5. The number of hydrogen-bond donors (Lipinski definition) is 1. The van der Waals surface area contributed by atoms with E-state index >= 15 is 13.2 Å². The third-order valence-electron chi connectivity index (χ3n) is 9.25. The van der Waals surface area contributed by atoms with E-state index in [0.717, 1.165) is 29.7 Å². The number of nitrogens with zero attached hydrogens (tertiary/aromatic N) is 4. The molecule has 0 spiro atoms. The normalized spacial score (nSPS) is 23.5. The molecule has 13 heteroatoms. The van der Waals surface area contributed by atoms with Gasteiger partial charge in [0.2, 0.25) is 0 Å². The van der Waals surface area contributed by atoms with Crippen molar-refractivity contribution in [3.8, 4) is 11.3 Å². The lowest BCUT2D eigenvalue weighted by Crippen LogP contribution is -2.47. The van der Waals surface area contributed by atoms with Crippen molar-refractivity contribution in [2.75, 3.05) is 31.8 Å². The number of sulfone groups is 1. The van der Waals surface area contributed by atoms with Crippen molar-refractivity contribution in [1.82, 2.24) is 19.6 Å². The van der Waals surface area contributed by atoms with Gasteiger partial charge in [-0.25, -0.2) is 31.1 Å². The summed E-state index contributed by atoms with van der Waals surface area (Å²) in [6.45, 7) is 2.55. The molecular weight excluding hydrogens is 619 g/mol. The number of fused-ring (bicyclic) bond motifs is 1. The fourth-order valence-electron chi connectivity index (χ4n) is 6.84. The van der Waals surface area contributed by atoms with Crippen molar-refractivity contribution in [2.24, 2.45) is 11.7 Å². The molecule has 6 rings (SSSR count). The van der Waals surface area contributed by atoms with Gasteiger partial charge in [-0.1, -0.05) is 6.92 Å². The van der Waals surface area contributed by atoms with Gasteiger partial charge in [-0.3, -0.25) is 4.98 Å². The van der Waals surface area contributed by atoms with E-state index in [0.29, 0.717) is 24.2 Å². The Morgan fingerprint density at radius 1 is 1.11 bits per heavy atom. The first-order valence-corrected chi connectivity index (χ1v) is 17.6. The van der Waals surface area contributed by atoms with E-state index in [1.54, 1.807) is 29.2 Å². The molecule has 0 unspecified atom stereocenters. The number of halogens is 3. The van der Waals surface area contributed by atoms with Gasteiger partial charge in [-0.05, 0) is 71.7 Å². The van der Waals surface area contributed by atoms with Gasteiger partial charge in [0.05, 0.1) is 41.4 Å². The Hall–Kier alpha value is -3.39. The molecule has 1 saturated heterocycles. The van der Waals surface area contributed by atoms with Crippen LogP contribution in [0.3, 0.4) is 0 Å². The fourth-order valence-corrected chi connectivity index (χ4v) is 7.24. The summed E-state index contributed by atoms with van der Waals surface area (Å²) in [4.78, 5) is 8.92. The number of alkyl halides is 1. The number of imidazole rings is 1. The number of pyridine rings is 1. The summed E-state index contributed by atoms with van der Waals surface area (Å²) in [5, 5.41) is 4.57. The summed E-state index contributed by atoms with van der Waals surface area (Å²) >= 11 is 0. The van der Waals surface area contributed by atoms with Crippen LogP contribution in [0.25, 0.3) is 16.8 Å². The lowest BCUT2D eigenvalue weighted by molar-refractivity contribution is -0.0154. The first-order chi connectivity index (χ1) is 21.9. The SMILES string of the molecule is C[C@H]1C[C@@H](c2ccncc2Cc2ncc3ccc(-c4c(F)cc(C5(F)CCOCC5)cc4F)nn23)C[C@@H](N)[C@H]1OCCS(C)(=O)=O. The molecule has 2 aliphatic rings. The number of hydrogen-bond acceptors (Lipinski definition) is 8. The molecule has 1 saturated carbocycles. The number of nitrogens with two attached hydrogens (primary N) is 1. The molecule has 1 aromatic carbocycles. The topological polar surface area (TPSA) is 122 Å². The third kappa shape index (κ3) is 6.83. The Bertz CT molecular complexity index is 1790. The highest BCUT2D eigenvalue weighted by Gasteiger charge is 2.37.